The van der Waals surface area contributed by atoms with Crippen molar-refractivity contribution in [2.24, 2.45) is 45.7 Å². The van der Waals surface area contributed by atoms with Gasteiger partial charge in [0.15, 0.2) is 0 Å². The van der Waals surface area contributed by atoms with Gasteiger partial charge in [0.25, 0.3) is 0 Å². The number of hydrogen-bond donors (Lipinski definition) is 0. The van der Waals surface area contributed by atoms with Crippen LogP contribution in [0.5, 0.6) is 0 Å². The van der Waals surface area contributed by atoms with Gasteiger partial charge in [0.2, 0.25) is 0 Å². The summed E-state index contributed by atoms with van der Waals surface area (Å²) in [7, 11) is 0. The maximum atomic E-state index is 4.42. The Morgan fingerprint density at radius 1 is 0.667 bits per heavy atom. The average molecular weight is 158 g/mol. The van der Waals surface area contributed by atoms with Crippen LogP contribution in [0.15, 0.2) is 22.4 Å². The fourth-order valence-corrected chi connectivity index (χ4v) is 5.11. The van der Waals surface area contributed by atoms with Crippen molar-refractivity contribution in [1.29, 1.82) is 0 Å². The van der Waals surface area contributed by atoms with Crippen molar-refractivity contribution in [2.75, 3.05) is 0 Å². The van der Waals surface area contributed by atoms with Crippen LogP contribution in [0.1, 0.15) is 0 Å². The molecule has 60 valence electrons. The highest BCUT2D eigenvalue weighted by Crippen LogP contribution is 2.75. The molecule has 6 rings (SSSR count). The summed E-state index contributed by atoms with van der Waals surface area (Å²) in [6.45, 7) is 0. The van der Waals surface area contributed by atoms with Crippen molar-refractivity contribution in [2.45, 2.75) is 12.1 Å². The second-order valence-electron chi connectivity index (χ2n) is 5.06. The van der Waals surface area contributed by atoms with Gasteiger partial charge < -0.3 is 0 Å². The van der Waals surface area contributed by atoms with Crippen molar-refractivity contribution >= 4 is 0 Å². The number of allylic oxidation sites excluding steroid dienone is 2. The first-order chi connectivity index (χ1) is 5.97. The lowest BCUT2D eigenvalue weighted by atomic mass is 9.82. The Bertz CT molecular complexity index is 284. The van der Waals surface area contributed by atoms with Crippen LogP contribution in [0.4, 0.5) is 0 Å². The molecule has 12 heavy (non-hydrogen) atoms. The van der Waals surface area contributed by atoms with Crippen molar-refractivity contribution in [3.05, 3.63) is 12.2 Å². The predicted molar refractivity (Wildman–Crippen MR) is 42.5 cm³/mol. The fourth-order valence-electron chi connectivity index (χ4n) is 5.11. The molecule has 0 amide bonds. The van der Waals surface area contributed by atoms with Gasteiger partial charge in [-0.25, -0.2) is 0 Å². The van der Waals surface area contributed by atoms with E-state index < -0.39 is 0 Å². The summed E-state index contributed by atoms with van der Waals surface area (Å²) in [5.41, 5.74) is 0. The van der Waals surface area contributed by atoms with E-state index in [1.54, 1.807) is 0 Å². The topological polar surface area (TPSA) is 24.7 Å². The van der Waals surface area contributed by atoms with Crippen LogP contribution in [0.2, 0.25) is 0 Å². The molecule has 0 saturated heterocycles. The highest BCUT2D eigenvalue weighted by atomic mass is 15.3. The van der Waals surface area contributed by atoms with Crippen LogP contribution in [0.3, 0.4) is 0 Å². The molecule has 2 unspecified atom stereocenters. The van der Waals surface area contributed by atoms with Crippen molar-refractivity contribution in [3.63, 3.8) is 0 Å². The summed E-state index contributed by atoms with van der Waals surface area (Å²) in [6, 6.07) is 1.33. The van der Waals surface area contributed by atoms with E-state index in [2.05, 4.69) is 22.4 Å². The summed E-state index contributed by atoms with van der Waals surface area (Å²) in [5.74, 6) is 5.56. The van der Waals surface area contributed by atoms with Gasteiger partial charge in [-0.2, -0.15) is 10.2 Å². The fraction of sp³-hybridized carbons (Fsp3) is 0.800. The predicted octanol–water partition coefficient (Wildman–Crippen LogP) is 1.50. The molecule has 0 aromatic carbocycles. The summed E-state index contributed by atoms with van der Waals surface area (Å²) >= 11 is 0. The van der Waals surface area contributed by atoms with Gasteiger partial charge in [0, 0.05) is 5.92 Å². The van der Waals surface area contributed by atoms with E-state index in [1.807, 2.05) is 0 Å². The minimum absolute atomic E-state index is 0.663. The van der Waals surface area contributed by atoms with Gasteiger partial charge in [-0.05, 0) is 29.6 Å². The molecule has 0 aromatic heterocycles. The van der Waals surface area contributed by atoms with Gasteiger partial charge in [-0.3, -0.25) is 0 Å². The van der Waals surface area contributed by atoms with Crippen molar-refractivity contribution in [3.8, 4) is 0 Å². The largest absolute Gasteiger partial charge is 0.190 e. The molecule has 6 aliphatic rings. The minimum atomic E-state index is 0.663. The maximum absolute atomic E-state index is 4.42. The molecule has 1 heterocycles. The molecule has 0 radical (unpaired) electrons. The number of hydrogen-bond acceptors (Lipinski definition) is 2. The van der Waals surface area contributed by atoms with Crippen LogP contribution in [0, 0.1) is 35.5 Å². The smallest absolute Gasteiger partial charge is 0.0798 e. The van der Waals surface area contributed by atoms with Gasteiger partial charge in [-0.15, -0.1) is 0 Å². The Labute approximate surface area is 70.8 Å². The normalized spacial score (nSPS) is 77.3. The zero-order valence-electron chi connectivity index (χ0n) is 6.67. The first kappa shape index (κ1) is 5.15. The third-order valence-electron chi connectivity index (χ3n) is 5.13. The van der Waals surface area contributed by atoms with Crippen molar-refractivity contribution < 1.29 is 0 Å². The lowest BCUT2D eigenvalue weighted by Crippen LogP contribution is -2.27. The van der Waals surface area contributed by atoms with E-state index in [4.69, 9.17) is 0 Å². The second-order valence-corrected chi connectivity index (χ2v) is 5.06. The monoisotopic (exact) mass is 158 g/mol. The lowest BCUT2D eigenvalue weighted by Gasteiger charge is -2.26. The van der Waals surface area contributed by atoms with E-state index in [0.717, 1.165) is 35.5 Å². The summed E-state index contributed by atoms with van der Waals surface area (Å²) in [5, 5.41) is 8.84. The molecular weight excluding hydrogens is 148 g/mol. The zero-order chi connectivity index (χ0) is 7.45. The zero-order valence-corrected chi connectivity index (χ0v) is 6.67. The van der Waals surface area contributed by atoms with Gasteiger partial charge in [-0.1, -0.05) is 12.2 Å². The molecule has 2 nitrogen and oxygen atoms in total. The summed E-state index contributed by atoms with van der Waals surface area (Å²) in [6.07, 6.45) is 4.95. The Morgan fingerprint density at radius 2 is 1.25 bits per heavy atom. The Kier molecular flexibility index (Phi) is 0.518. The third-order valence-corrected chi connectivity index (χ3v) is 5.13. The van der Waals surface area contributed by atoms with E-state index in [1.165, 1.54) is 0 Å². The maximum Gasteiger partial charge on any atom is 0.0798 e. The van der Waals surface area contributed by atoms with Crippen LogP contribution in [-0.2, 0) is 0 Å². The molecule has 0 spiro atoms. The first-order valence-corrected chi connectivity index (χ1v) is 5.05. The molecule has 4 saturated carbocycles. The molecule has 8 atom stereocenters. The standard InChI is InChI=1S/C10H10N2/c1-2-4-5-3(1)6-7(4)10-8(5)9(6)11-12-10/h1-10H/t3-,4+,5?,6-,7-,8?,9-,10-/m1/s1. The molecule has 0 aromatic rings. The third kappa shape index (κ3) is 0.267. The lowest BCUT2D eigenvalue weighted by molar-refractivity contribution is 0.289. The van der Waals surface area contributed by atoms with E-state index >= 15 is 0 Å². The Morgan fingerprint density at radius 3 is 1.83 bits per heavy atom. The molecule has 4 fully saturated rings. The highest BCUT2D eigenvalue weighted by molar-refractivity contribution is 5.35. The Balaban J connectivity index is 1.89. The van der Waals surface area contributed by atoms with Crippen LogP contribution in [0.25, 0.3) is 0 Å². The van der Waals surface area contributed by atoms with Crippen molar-refractivity contribution in [1.82, 2.24) is 0 Å². The summed E-state index contributed by atoms with van der Waals surface area (Å²) < 4.78 is 0. The van der Waals surface area contributed by atoms with E-state index in [9.17, 15) is 0 Å². The number of nitrogens with zero attached hydrogens (tertiary/aromatic N) is 2. The number of rotatable bonds is 0. The van der Waals surface area contributed by atoms with E-state index in [-0.39, 0.29) is 0 Å². The molecule has 1 aliphatic heterocycles. The average Bonchev–Trinajstić information content (AvgIpc) is 2.84. The minimum Gasteiger partial charge on any atom is -0.190 e. The second kappa shape index (κ2) is 1.21. The molecule has 5 aliphatic carbocycles. The first-order valence-electron chi connectivity index (χ1n) is 5.05. The highest BCUT2D eigenvalue weighted by Gasteiger charge is 2.77. The number of azo groups is 1. The summed E-state index contributed by atoms with van der Waals surface area (Å²) in [4.78, 5) is 0. The SMILES string of the molecule is C1=C[C@H]2C3C4[C@@H]5N=N[C@@H]4[C@H]2[C@H]5[C@H]13. The molecule has 2 heteroatoms. The Hall–Kier alpha value is -0.660. The van der Waals surface area contributed by atoms with E-state index in [0.29, 0.717) is 12.1 Å². The molecule has 0 N–H and O–H groups in total. The van der Waals surface area contributed by atoms with Crippen LogP contribution >= 0.6 is 0 Å². The van der Waals surface area contributed by atoms with Crippen LogP contribution in [-0.4, -0.2) is 12.1 Å². The quantitative estimate of drug-likeness (QED) is 0.477. The van der Waals surface area contributed by atoms with Gasteiger partial charge in [0.1, 0.15) is 0 Å². The molecular formula is C10H10N2. The van der Waals surface area contributed by atoms with Crippen LogP contribution < -0.4 is 0 Å². The van der Waals surface area contributed by atoms with Gasteiger partial charge >= 0.3 is 0 Å². The van der Waals surface area contributed by atoms with Gasteiger partial charge in [0.05, 0.1) is 12.1 Å². The molecule has 8 bridgehead atoms.